The van der Waals surface area contributed by atoms with Crippen LogP contribution in [0.15, 0.2) is 30.3 Å². The Hall–Kier alpha value is -1.88. The van der Waals surface area contributed by atoms with Crippen molar-refractivity contribution in [3.05, 3.63) is 35.9 Å². The molecule has 1 atom stereocenters. The molecule has 0 spiro atoms. The molecule has 0 aromatic heterocycles. The van der Waals surface area contributed by atoms with Gasteiger partial charge in [-0.3, -0.25) is 4.79 Å². The Morgan fingerprint density at radius 2 is 1.75 bits per heavy atom. The summed E-state index contributed by atoms with van der Waals surface area (Å²) in [5.74, 6) is -0.565. The molecule has 0 saturated heterocycles. The molecule has 0 heterocycles. The molecule has 0 bridgehead atoms. The summed E-state index contributed by atoms with van der Waals surface area (Å²) in [6.07, 6.45) is 0.318. The molecule has 1 amide bonds. The number of carbonyl (C=O) groups excluding carboxylic acids is 2. The highest BCUT2D eigenvalue weighted by Gasteiger charge is 2.28. The van der Waals surface area contributed by atoms with Gasteiger partial charge in [-0.25, -0.2) is 4.79 Å². The standard InChI is InChI=1S/C19H30N2O3/c1-14(2)17(18(23)24-19(3,4)5)21-16(22)11-12-20-13-15-9-7-6-8-10-15/h6-10,14,17,20H,11-13H2,1-5H3,(H,21,22)/t17-/m0/s1. The van der Waals surface area contributed by atoms with Crippen molar-refractivity contribution in [1.29, 1.82) is 0 Å². The molecule has 134 valence electrons. The Morgan fingerprint density at radius 1 is 1.12 bits per heavy atom. The van der Waals surface area contributed by atoms with Crippen molar-refractivity contribution >= 4 is 11.9 Å². The fourth-order valence-corrected chi connectivity index (χ4v) is 2.14. The molecule has 0 unspecified atom stereocenters. The van der Waals surface area contributed by atoms with E-state index < -0.39 is 11.6 Å². The van der Waals surface area contributed by atoms with Gasteiger partial charge in [-0.15, -0.1) is 0 Å². The zero-order valence-electron chi connectivity index (χ0n) is 15.4. The van der Waals surface area contributed by atoms with Crippen molar-refractivity contribution in [3.63, 3.8) is 0 Å². The predicted molar refractivity (Wildman–Crippen MR) is 95.4 cm³/mol. The van der Waals surface area contributed by atoms with E-state index >= 15 is 0 Å². The Kier molecular flexibility index (Phi) is 7.92. The number of amides is 1. The monoisotopic (exact) mass is 334 g/mol. The van der Waals surface area contributed by atoms with Gasteiger partial charge in [0.1, 0.15) is 11.6 Å². The maximum atomic E-state index is 12.2. The van der Waals surface area contributed by atoms with E-state index in [1.165, 1.54) is 5.56 Å². The minimum Gasteiger partial charge on any atom is -0.458 e. The van der Waals surface area contributed by atoms with E-state index in [-0.39, 0.29) is 17.8 Å². The third-order valence-corrected chi connectivity index (χ3v) is 3.34. The SMILES string of the molecule is CC(C)[C@H](NC(=O)CCNCc1ccccc1)C(=O)OC(C)(C)C. The van der Waals surface area contributed by atoms with Gasteiger partial charge in [0.05, 0.1) is 0 Å². The topological polar surface area (TPSA) is 67.4 Å². The Labute approximate surface area is 145 Å². The zero-order chi connectivity index (χ0) is 18.2. The molecule has 2 N–H and O–H groups in total. The van der Waals surface area contributed by atoms with Gasteiger partial charge in [0.15, 0.2) is 0 Å². The van der Waals surface area contributed by atoms with Crippen LogP contribution >= 0.6 is 0 Å². The van der Waals surface area contributed by atoms with Crippen molar-refractivity contribution in [2.75, 3.05) is 6.54 Å². The third-order valence-electron chi connectivity index (χ3n) is 3.34. The van der Waals surface area contributed by atoms with Gasteiger partial charge in [-0.1, -0.05) is 44.2 Å². The summed E-state index contributed by atoms with van der Waals surface area (Å²) in [4.78, 5) is 24.3. The normalized spacial score (nSPS) is 12.8. The van der Waals surface area contributed by atoms with Crippen molar-refractivity contribution in [1.82, 2.24) is 10.6 Å². The van der Waals surface area contributed by atoms with E-state index in [2.05, 4.69) is 10.6 Å². The van der Waals surface area contributed by atoms with E-state index in [4.69, 9.17) is 4.74 Å². The number of esters is 1. The van der Waals surface area contributed by atoms with E-state index in [9.17, 15) is 9.59 Å². The van der Waals surface area contributed by atoms with Crippen molar-refractivity contribution in [2.24, 2.45) is 5.92 Å². The van der Waals surface area contributed by atoms with Crippen LogP contribution in [0.25, 0.3) is 0 Å². The summed E-state index contributed by atoms with van der Waals surface area (Å²) >= 11 is 0. The van der Waals surface area contributed by atoms with Crippen molar-refractivity contribution in [2.45, 2.75) is 59.2 Å². The highest BCUT2D eigenvalue weighted by atomic mass is 16.6. The summed E-state index contributed by atoms with van der Waals surface area (Å²) in [6.45, 7) is 10.5. The summed E-state index contributed by atoms with van der Waals surface area (Å²) in [5.41, 5.74) is 0.610. The minimum absolute atomic E-state index is 0.0268. The van der Waals surface area contributed by atoms with E-state index in [1.807, 2.05) is 65.0 Å². The van der Waals surface area contributed by atoms with Crippen LogP contribution in [-0.4, -0.2) is 30.1 Å². The molecule has 1 aromatic carbocycles. The lowest BCUT2D eigenvalue weighted by molar-refractivity contribution is -0.160. The number of ether oxygens (including phenoxy) is 1. The lowest BCUT2D eigenvalue weighted by Gasteiger charge is -2.26. The first-order valence-electron chi connectivity index (χ1n) is 8.46. The quantitative estimate of drug-likeness (QED) is 0.566. The van der Waals surface area contributed by atoms with Gasteiger partial charge in [-0.2, -0.15) is 0 Å². The summed E-state index contributed by atoms with van der Waals surface area (Å²) in [7, 11) is 0. The third kappa shape index (κ3) is 8.11. The molecule has 1 rings (SSSR count). The molecule has 0 aliphatic carbocycles. The highest BCUT2D eigenvalue weighted by molar-refractivity contribution is 5.84. The lowest BCUT2D eigenvalue weighted by Crippen LogP contribution is -2.47. The highest BCUT2D eigenvalue weighted by Crippen LogP contribution is 2.12. The lowest BCUT2D eigenvalue weighted by atomic mass is 10.0. The molecule has 5 heteroatoms. The molecule has 24 heavy (non-hydrogen) atoms. The van der Waals surface area contributed by atoms with Crippen LogP contribution in [0.1, 0.15) is 46.6 Å². The number of nitrogens with one attached hydrogen (secondary N) is 2. The molecule has 0 fully saturated rings. The molecule has 5 nitrogen and oxygen atoms in total. The van der Waals surface area contributed by atoms with Crippen LogP contribution in [0.5, 0.6) is 0 Å². The van der Waals surface area contributed by atoms with Crippen molar-refractivity contribution in [3.8, 4) is 0 Å². The molecular weight excluding hydrogens is 304 g/mol. The Bertz CT molecular complexity index is 521. The Balaban J connectivity index is 2.38. The molecule has 1 aromatic rings. The number of hydrogen-bond acceptors (Lipinski definition) is 4. The maximum absolute atomic E-state index is 12.2. The molecule has 0 saturated carbocycles. The minimum atomic E-state index is -0.620. The largest absolute Gasteiger partial charge is 0.458 e. The van der Waals surface area contributed by atoms with E-state index in [1.54, 1.807) is 0 Å². The average Bonchev–Trinajstić information content (AvgIpc) is 2.48. The average molecular weight is 334 g/mol. The summed E-state index contributed by atoms with van der Waals surface area (Å²) < 4.78 is 5.38. The first kappa shape index (κ1) is 20.2. The van der Waals surface area contributed by atoms with Crippen LogP contribution in [-0.2, 0) is 20.9 Å². The maximum Gasteiger partial charge on any atom is 0.329 e. The van der Waals surface area contributed by atoms with Crippen LogP contribution < -0.4 is 10.6 Å². The fourth-order valence-electron chi connectivity index (χ4n) is 2.14. The van der Waals surface area contributed by atoms with Gasteiger partial charge >= 0.3 is 5.97 Å². The van der Waals surface area contributed by atoms with Gasteiger partial charge in [0, 0.05) is 19.5 Å². The summed E-state index contributed by atoms with van der Waals surface area (Å²) in [5, 5.41) is 6.01. The number of carbonyl (C=O) groups is 2. The van der Waals surface area contributed by atoms with Gasteiger partial charge < -0.3 is 15.4 Å². The second kappa shape index (κ2) is 9.42. The zero-order valence-corrected chi connectivity index (χ0v) is 15.4. The predicted octanol–water partition coefficient (Wildman–Crippen LogP) is 2.65. The van der Waals surface area contributed by atoms with E-state index in [0.717, 1.165) is 0 Å². The second-order valence-electron chi connectivity index (χ2n) is 7.24. The second-order valence-corrected chi connectivity index (χ2v) is 7.24. The van der Waals surface area contributed by atoms with Crippen LogP contribution in [0, 0.1) is 5.92 Å². The van der Waals surface area contributed by atoms with Crippen LogP contribution in [0.4, 0.5) is 0 Å². The number of rotatable bonds is 8. The Morgan fingerprint density at radius 3 is 2.29 bits per heavy atom. The number of benzene rings is 1. The summed E-state index contributed by atoms with van der Waals surface area (Å²) in [6, 6.07) is 9.38. The molecule has 0 aliphatic heterocycles. The molecule has 0 radical (unpaired) electrons. The van der Waals surface area contributed by atoms with Crippen LogP contribution in [0.2, 0.25) is 0 Å². The van der Waals surface area contributed by atoms with Gasteiger partial charge in [0.2, 0.25) is 5.91 Å². The fraction of sp³-hybridized carbons (Fsp3) is 0.579. The number of hydrogen-bond donors (Lipinski definition) is 2. The van der Waals surface area contributed by atoms with Gasteiger partial charge in [0.25, 0.3) is 0 Å². The molecular formula is C19H30N2O3. The van der Waals surface area contributed by atoms with E-state index in [0.29, 0.717) is 19.5 Å². The first-order valence-corrected chi connectivity index (χ1v) is 8.46. The molecule has 0 aliphatic rings. The first-order chi connectivity index (χ1) is 11.2. The van der Waals surface area contributed by atoms with Crippen molar-refractivity contribution < 1.29 is 14.3 Å². The van der Waals surface area contributed by atoms with Gasteiger partial charge in [-0.05, 0) is 32.3 Å². The van der Waals surface area contributed by atoms with Crippen LogP contribution in [0.3, 0.4) is 0 Å². The smallest absolute Gasteiger partial charge is 0.329 e.